The molecule has 0 heterocycles. The molecule has 0 saturated heterocycles. The van der Waals surface area contributed by atoms with Gasteiger partial charge in [0.25, 0.3) is 0 Å². The first-order valence-corrected chi connectivity index (χ1v) is 5.51. The summed E-state index contributed by atoms with van der Waals surface area (Å²) in [5, 5.41) is 13.7. The van der Waals surface area contributed by atoms with E-state index in [1.807, 2.05) is 0 Å². The van der Waals surface area contributed by atoms with Crippen molar-refractivity contribution in [2.24, 2.45) is 0 Å². The van der Waals surface area contributed by atoms with Crippen molar-refractivity contribution in [3.8, 4) is 0 Å². The van der Waals surface area contributed by atoms with Gasteiger partial charge in [0.2, 0.25) is 5.54 Å². The van der Waals surface area contributed by atoms with Crippen molar-refractivity contribution >= 4 is 0 Å². The third-order valence-electron chi connectivity index (χ3n) is 2.56. The van der Waals surface area contributed by atoms with Gasteiger partial charge in [-0.15, -0.1) is 0 Å². The molecule has 0 spiro atoms. The molecular weight excluding hydrogens is 223 g/mol. The molecule has 17 heavy (non-hydrogen) atoms. The number of hydrogen-bond acceptors (Lipinski definition) is 3. The van der Waals surface area contributed by atoms with E-state index in [0.29, 0.717) is 13.1 Å². The number of hydrogen-bond donors (Lipinski definition) is 1. The summed E-state index contributed by atoms with van der Waals surface area (Å²) in [6.07, 6.45) is 0.730. The monoisotopic (exact) mass is 240 g/mol. The Kier molecular flexibility index (Phi) is 4.57. The van der Waals surface area contributed by atoms with Gasteiger partial charge in [0.15, 0.2) is 0 Å². The lowest BCUT2D eigenvalue weighted by Gasteiger charge is -2.16. The first kappa shape index (κ1) is 13.6. The van der Waals surface area contributed by atoms with Gasteiger partial charge < -0.3 is 5.32 Å². The van der Waals surface area contributed by atoms with E-state index in [2.05, 4.69) is 5.32 Å². The van der Waals surface area contributed by atoms with Gasteiger partial charge >= 0.3 is 0 Å². The smallest absolute Gasteiger partial charge is 0.228 e. The van der Waals surface area contributed by atoms with Gasteiger partial charge in [-0.25, -0.2) is 4.39 Å². The molecule has 1 N–H and O–H groups in total. The van der Waals surface area contributed by atoms with Crippen LogP contribution in [0, 0.1) is 15.9 Å². The van der Waals surface area contributed by atoms with Crippen molar-refractivity contribution in [2.75, 3.05) is 13.1 Å². The quantitative estimate of drug-likeness (QED) is 0.470. The highest BCUT2D eigenvalue weighted by Crippen LogP contribution is 2.06. The van der Waals surface area contributed by atoms with E-state index < -0.39 is 5.54 Å². The van der Waals surface area contributed by atoms with Gasteiger partial charge in [0.1, 0.15) is 5.82 Å². The van der Waals surface area contributed by atoms with Crippen molar-refractivity contribution in [2.45, 2.75) is 25.8 Å². The minimum Gasteiger partial charge on any atom is -0.310 e. The zero-order valence-corrected chi connectivity index (χ0v) is 10.1. The van der Waals surface area contributed by atoms with Gasteiger partial charge in [0, 0.05) is 18.8 Å². The van der Waals surface area contributed by atoms with Crippen LogP contribution < -0.4 is 5.32 Å². The average Bonchev–Trinajstić information content (AvgIpc) is 2.26. The summed E-state index contributed by atoms with van der Waals surface area (Å²) in [7, 11) is 0. The molecule has 5 heteroatoms. The summed E-state index contributed by atoms with van der Waals surface area (Å²) < 4.78 is 12.6. The van der Waals surface area contributed by atoms with Gasteiger partial charge in [0.05, 0.1) is 6.54 Å². The summed E-state index contributed by atoms with van der Waals surface area (Å²) in [4.78, 5) is 10.4. The fraction of sp³-hybridized carbons (Fsp3) is 0.500. The highest BCUT2D eigenvalue weighted by atomic mass is 19.1. The molecule has 1 aromatic carbocycles. The predicted molar refractivity (Wildman–Crippen MR) is 64.0 cm³/mol. The molecule has 0 saturated carbocycles. The normalized spacial score (nSPS) is 11.5. The Balaban J connectivity index is 2.29. The predicted octanol–water partition coefficient (Wildman–Crippen LogP) is 2.01. The molecule has 1 rings (SSSR count). The van der Waals surface area contributed by atoms with Gasteiger partial charge in [-0.3, -0.25) is 10.1 Å². The van der Waals surface area contributed by atoms with Crippen molar-refractivity contribution in [1.29, 1.82) is 0 Å². The minimum absolute atomic E-state index is 0.254. The zero-order valence-electron chi connectivity index (χ0n) is 10.1. The lowest BCUT2D eigenvalue weighted by Crippen LogP contribution is -2.42. The molecule has 4 nitrogen and oxygen atoms in total. The molecule has 1 aromatic rings. The topological polar surface area (TPSA) is 55.2 Å². The van der Waals surface area contributed by atoms with E-state index in [4.69, 9.17) is 0 Å². The third kappa shape index (κ3) is 4.48. The maximum Gasteiger partial charge on any atom is 0.228 e. The number of halogens is 1. The van der Waals surface area contributed by atoms with E-state index in [-0.39, 0.29) is 10.7 Å². The number of nitrogens with one attached hydrogen (secondary N) is 1. The first-order chi connectivity index (χ1) is 7.92. The fourth-order valence-electron chi connectivity index (χ4n) is 1.34. The van der Waals surface area contributed by atoms with E-state index in [1.165, 1.54) is 12.1 Å². The molecule has 0 amide bonds. The number of nitrogens with zero attached hydrogens (tertiary/aromatic N) is 1. The van der Waals surface area contributed by atoms with Crippen LogP contribution in [0.15, 0.2) is 24.3 Å². The maximum absolute atomic E-state index is 12.6. The highest BCUT2D eigenvalue weighted by molar-refractivity contribution is 5.16. The second kappa shape index (κ2) is 5.72. The molecule has 0 aliphatic heterocycles. The molecule has 0 aliphatic rings. The Bertz CT molecular complexity index is 377. The molecular formula is C12H17FN2O2. The van der Waals surface area contributed by atoms with Gasteiger partial charge in [-0.1, -0.05) is 12.1 Å². The SMILES string of the molecule is CC(C)(CNCCc1ccc(F)cc1)[N+](=O)[O-]. The Morgan fingerprint density at radius 2 is 1.94 bits per heavy atom. The Morgan fingerprint density at radius 3 is 2.47 bits per heavy atom. The van der Waals surface area contributed by atoms with Crippen molar-refractivity contribution in [1.82, 2.24) is 5.32 Å². The van der Waals surface area contributed by atoms with E-state index in [1.54, 1.807) is 26.0 Å². The molecule has 0 unspecified atom stereocenters. The van der Waals surface area contributed by atoms with Crippen LogP contribution in [-0.4, -0.2) is 23.6 Å². The zero-order chi connectivity index (χ0) is 12.9. The Hall–Kier alpha value is -1.49. The largest absolute Gasteiger partial charge is 0.310 e. The summed E-state index contributed by atoms with van der Waals surface area (Å²) in [6.45, 7) is 4.12. The average molecular weight is 240 g/mol. The van der Waals surface area contributed by atoms with Gasteiger partial charge in [-0.2, -0.15) is 0 Å². The lowest BCUT2D eigenvalue weighted by atomic mass is 10.1. The van der Waals surface area contributed by atoms with Gasteiger partial charge in [-0.05, 0) is 30.7 Å². The number of nitro groups is 1. The summed E-state index contributed by atoms with van der Waals surface area (Å²) in [5.41, 5.74) is 0.0563. The van der Waals surface area contributed by atoms with Crippen LogP contribution in [-0.2, 0) is 6.42 Å². The fourth-order valence-corrected chi connectivity index (χ4v) is 1.34. The lowest BCUT2D eigenvalue weighted by molar-refractivity contribution is -0.558. The van der Waals surface area contributed by atoms with Crippen LogP contribution in [0.2, 0.25) is 0 Å². The van der Waals surface area contributed by atoms with Crippen LogP contribution in [0.1, 0.15) is 19.4 Å². The summed E-state index contributed by atoms with van der Waals surface area (Å²) >= 11 is 0. The molecule has 0 aliphatic carbocycles. The second-order valence-electron chi connectivity index (χ2n) is 4.62. The third-order valence-corrected chi connectivity index (χ3v) is 2.56. The minimum atomic E-state index is -0.956. The van der Waals surface area contributed by atoms with E-state index >= 15 is 0 Å². The molecule has 94 valence electrons. The number of benzene rings is 1. The highest BCUT2D eigenvalue weighted by Gasteiger charge is 2.29. The molecule has 0 bridgehead atoms. The van der Waals surface area contributed by atoms with Crippen LogP contribution in [0.25, 0.3) is 0 Å². The second-order valence-corrected chi connectivity index (χ2v) is 4.62. The summed E-state index contributed by atoms with van der Waals surface area (Å²) in [6, 6.07) is 6.26. The van der Waals surface area contributed by atoms with Crippen molar-refractivity contribution in [3.05, 3.63) is 45.8 Å². The van der Waals surface area contributed by atoms with Crippen LogP contribution >= 0.6 is 0 Å². The van der Waals surface area contributed by atoms with Crippen LogP contribution in [0.5, 0.6) is 0 Å². The van der Waals surface area contributed by atoms with Crippen LogP contribution in [0.4, 0.5) is 4.39 Å². The molecule has 0 atom stereocenters. The van der Waals surface area contributed by atoms with Crippen molar-refractivity contribution < 1.29 is 9.31 Å². The standard InChI is InChI=1S/C12H17FN2O2/c1-12(2,15(16)17)9-14-8-7-10-3-5-11(13)6-4-10/h3-6,14H,7-9H2,1-2H3. The number of rotatable bonds is 6. The Morgan fingerprint density at radius 1 is 1.35 bits per heavy atom. The molecule has 0 radical (unpaired) electrons. The first-order valence-electron chi connectivity index (χ1n) is 5.51. The summed E-state index contributed by atoms with van der Waals surface area (Å²) in [5.74, 6) is -0.254. The van der Waals surface area contributed by atoms with E-state index in [9.17, 15) is 14.5 Å². The van der Waals surface area contributed by atoms with E-state index in [0.717, 1.165) is 12.0 Å². The molecule has 0 aromatic heterocycles. The van der Waals surface area contributed by atoms with Crippen molar-refractivity contribution in [3.63, 3.8) is 0 Å². The van der Waals surface area contributed by atoms with Crippen LogP contribution in [0.3, 0.4) is 0 Å². The Labute approximate surface area is 100.0 Å². The molecule has 0 fully saturated rings. The maximum atomic E-state index is 12.6.